The van der Waals surface area contributed by atoms with Crippen molar-refractivity contribution in [2.75, 3.05) is 18.5 Å². The maximum atomic E-state index is 15.0. The van der Waals surface area contributed by atoms with Crippen LogP contribution in [0.5, 0.6) is 5.75 Å². The van der Waals surface area contributed by atoms with Crippen LogP contribution in [0.4, 0.5) is 20.4 Å². The number of aromatic nitrogens is 6. The van der Waals surface area contributed by atoms with Gasteiger partial charge in [-0.2, -0.15) is 5.10 Å². The second kappa shape index (κ2) is 10.5. The van der Waals surface area contributed by atoms with Gasteiger partial charge in [0, 0.05) is 34.8 Å². The van der Waals surface area contributed by atoms with Crippen LogP contribution in [0.3, 0.4) is 0 Å². The van der Waals surface area contributed by atoms with Crippen molar-refractivity contribution in [2.24, 2.45) is 5.41 Å². The van der Waals surface area contributed by atoms with Gasteiger partial charge < -0.3 is 15.2 Å². The zero-order valence-corrected chi connectivity index (χ0v) is 22.9. The van der Waals surface area contributed by atoms with E-state index in [-0.39, 0.29) is 36.5 Å². The number of halogens is 2. The van der Waals surface area contributed by atoms with Gasteiger partial charge >= 0.3 is 0 Å². The molecule has 3 aromatic heterocycles. The molecule has 0 amide bonds. The number of rotatable bonds is 8. The van der Waals surface area contributed by atoms with E-state index in [1.165, 1.54) is 0 Å². The molecule has 0 fully saturated rings. The minimum Gasteiger partial charge on any atom is -0.491 e. The second-order valence-electron chi connectivity index (χ2n) is 10.9. The topological polar surface area (TPSA) is 111 Å². The van der Waals surface area contributed by atoms with Gasteiger partial charge in [-0.15, -0.1) is 0 Å². The van der Waals surface area contributed by atoms with E-state index in [1.54, 1.807) is 16.9 Å². The van der Waals surface area contributed by atoms with Crippen molar-refractivity contribution < 1.29 is 18.6 Å². The number of fused-ring (bicyclic) bond motifs is 2. The molecule has 210 valence electrons. The summed E-state index contributed by atoms with van der Waals surface area (Å²) in [4.78, 5) is 18.5. The number of aryl methyl sites for hydroxylation is 1. The van der Waals surface area contributed by atoms with E-state index in [4.69, 9.17) is 24.9 Å². The fourth-order valence-corrected chi connectivity index (χ4v) is 5.25. The Bertz CT molecular complexity index is 1750. The molecule has 0 aliphatic heterocycles. The number of hydrogen-bond donors (Lipinski definition) is 2. The number of ether oxygens (including phenoxy) is 1. The summed E-state index contributed by atoms with van der Waals surface area (Å²) in [6.45, 7) is 5.74. The van der Waals surface area contributed by atoms with Crippen LogP contribution in [0.2, 0.25) is 0 Å². The Labute approximate surface area is 235 Å². The Kier molecular flexibility index (Phi) is 6.82. The van der Waals surface area contributed by atoms with Gasteiger partial charge in [0.15, 0.2) is 5.82 Å². The first-order valence-electron chi connectivity index (χ1n) is 13.3. The summed E-state index contributed by atoms with van der Waals surface area (Å²) in [6, 6.07) is 11.5. The number of benzene rings is 2. The van der Waals surface area contributed by atoms with E-state index in [0.29, 0.717) is 34.5 Å². The van der Waals surface area contributed by atoms with Crippen LogP contribution in [-0.2, 0) is 19.4 Å². The predicted octanol–water partition coefficient (Wildman–Crippen LogP) is 5.16. The number of hydrogen-bond acceptors (Lipinski definition) is 8. The van der Waals surface area contributed by atoms with Crippen LogP contribution < -0.4 is 10.1 Å². The molecule has 0 unspecified atom stereocenters. The van der Waals surface area contributed by atoms with E-state index in [0.717, 1.165) is 41.6 Å². The summed E-state index contributed by atoms with van der Waals surface area (Å²) in [7, 11) is 0. The van der Waals surface area contributed by atoms with Crippen LogP contribution in [0, 0.1) is 24.0 Å². The number of aliphatic hydroxyl groups is 1. The third-order valence-corrected chi connectivity index (χ3v) is 7.07. The standard InChI is InChI=1S/C30H29F2N7O2/c1-17-33-9-8-26(34-17)36-28-20-14-30(2,3)15-24(20)35-29(37-28)27-19-6-4-5-7-25(19)39(38-27)16-21-22(31)12-18(13-23(21)32)41-11-10-40/h4-9,12-13,40H,10-11,14-16H2,1-3H3,(H,33,34,35,36,37). The second-order valence-corrected chi connectivity index (χ2v) is 10.9. The Morgan fingerprint density at radius 2 is 1.83 bits per heavy atom. The summed E-state index contributed by atoms with van der Waals surface area (Å²) >= 11 is 0. The zero-order valence-electron chi connectivity index (χ0n) is 22.9. The maximum absolute atomic E-state index is 15.0. The molecule has 2 N–H and O–H groups in total. The van der Waals surface area contributed by atoms with Gasteiger partial charge in [-0.3, -0.25) is 4.68 Å². The first kappa shape index (κ1) is 26.7. The average Bonchev–Trinajstić information content (AvgIpc) is 3.45. The van der Waals surface area contributed by atoms with Crippen molar-refractivity contribution in [1.82, 2.24) is 29.7 Å². The minimum absolute atomic E-state index is 0.0111. The van der Waals surface area contributed by atoms with Gasteiger partial charge in [-0.25, -0.2) is 28.7 Å². The predicted molar refractivity (Wildman–Crippen MR) is 150 cm³/mol. The molecule has 6 rings (SSSR count). The van der Waals surface area contributed by atoms with Crippen LogP contribution in [0.15, 0.2) is 48.7 Å². The van der Waals surface area contributed by atoms with Gasteiger partial charge in [-0.05, 0) is 37.3 Å². The molecule has 11 heteroatoms. The van der Waals surface area contributed by atoms with E-state index in [1.807, 2.05) is 31.2 Å². The number of nitrogens with one attached hydrogen (secondary N) is 1. The molecule has 0 saturated carbocycles. The lowest BCUT2D eigenvalue weighted by Gasteiger charge is -2.15. The summed E-state index contributed by atoms with van der Waals surface area (Å²) in [6.07, 6.45) is 3.27. The molecule has 9 nitrogen and oxygen atoms in total. The molecule has 0 atom stereocenters. The zero-order chi connectivity index (χ0) is 28.7. The van der Waals surface area contributed by atoms with Crippen molar-refractivity contribution >= 4 is 22.5 Å². The lowest BCUT2D eigenvalue weighted by Crippen LogP contribution is -2.10. The molecular weight excluding hydrogens is 528 g/mol. The van der Waals surface area contributed by atoms with E-state index < -0.39 is 11.6 Å². The Morgan fingerprint density at radius 3 is 2.59 bits per heavy atom. The highest BCUT2D eigenvalue weighted by atomic mass is 19.1. The van der Waals surface area contributed by atoms with Gasteiger partial charge in [0.25, 0.3) is 0 Å². The monoisotopic (exact) mass is 557 g/mol. The molecule has 41 heavy (non-hydrogen) atoms. The van der Waals surface area contributed by atoms with Crippen molar-refractivity contribution in [1.29, 1.82) is 0 Å². The maximum Gasteiger partial charge on any atom is 0.182 e. The van der Waals surface area contributed by atoms with Crippen LogP contribution in [-0.4, -0.2) is 48.0 Å². The van der Waals surface area contributed by atoms with Crippen molar-refractivity contribution in [3.05, 3.63) is 82.9 Å². The van der Waals surface area contributed by atoms with Crippen LogP contribution in [0.1, 0.15) is 36.5 Å². The average molecular weight is 558 g/mol. The third-order valence-electron chi connectivity index (χ3n) is 7.07. The summed E-state index contributed by atoms with van der Waals surface area (Å²) in [5.74, 6) is 0.821. The largest absolute Gasteiger partial charge is 0.491 e. The third kappa shape index (κ3) is 5.32. The molecule has 1 aliphatic carbocycles. The fraction of sp³-hybridized carbons (Fsp3) is 0.300. The summed E-state index contributed by atoms with van der Waals surface area (Å²) < 4.78 is 36.7. The van der Waals surface area contributed by atoms with Crippen molar-refractivity contribution in [3.8, 4) is 17.3 Å². The SMILES string of the molecule is Cc1nccc(Nc2nc(-c3nn(Cc4c(F)cc(OCCO)cc4F)c4ccccc34)nc3c2CC(C)(C)C3)n1. The van der Waals surface area contributed by atoms with Gasteiger partial charge in [-0.1, -0.05) is 32.0 Å². The first-order chi connectivity index (χ1) is 19.7. The Hall–Kier alpha value is -4.51. The first-order valence-corrected chi connectivity index (χ1v) is 13.3. The number of anilines is 2. The smallest absolute Gasteiger partial charge is 0.182 e. The Balaban J connectivity index is 1.43. The highest BCUT2D eigenvalue weighted by Gasteiger charge is 2.33. The molecule has 1 aliphatic rings. The van der Waals surface area contributed by atoms with Crippen molar-refractivity contribution in [3.63, 3.8) is 0 Å². The quantitative estimate of drug-likeness (QED) is 0.269. The van der Waals surface area contributed by atoms with Crippen molar-refractivity contribution in [2.45, 2.75) is 40.2 Å². The molecule has 0 spiro atoms. The van der Waals surface area contributed by atoms with Gasteiger partial charge in [0.2, 0.25) is 0 Å². The van der Waals surface area contributed by atoms with Crippen LogP contribution >= 0.6 is 0 Å². The molecule has 0 bridgehead atoms. The number of para-hydroxylation sites is 1. The molecule has 0 radical (unpaired) electrons. The van der Waals surface area contributed by atoms with Gasteiger partial charge in [0.05, 0.1) is 24.4 Å². The highest BCUT2D eigenvalue weighted by Crippen LogP contribution is 2.40. The molecule has 2 aromatic carbocycles. The lowest BCUT2D eigenvalue weighted by atomic mass is 9.90. The highest BCUT2D eigenvalue weighted by molar-refractivity contribution is 5.92. The normalized spacial score (nSPS) is 13.9. The number of aliphatic hydroxyl groups excluding tert-OH is 1. The van der Waals surface area contributed by atoms with E-state index in [9.17, 15) is 8.78 Å². The summed E-state index contributed by atoms with van der Waals surface area (Å²) in [5.41, 5.74) is 3.02. The number of nitrogens with zero attached hydrogens (tertiary/aromatic N) is 6. The molecular formula is C30H29F2N7O2. The Morgan fingerprint density at radius 1 is 1.05 bits per heavy atom. The summed E-state index contributed by atoms with van der Waals surface area (Å²) in [5, 5.41) is 17.8. The van der Waals surface area contributed by atoms with Gasteiger partial charge in [0.1, 0.15) is 47.1 Å². The van der Waals surface area contributed by atoms with Crippen LogP contribution in [0.25, 0.3) is 22.4 Å². The minimum atomic E-state index is -0.762. The fourth-order valence-electron chi connectivity index (χ4n) is 5.25. The van der Waals surface area contributed by atoms with E-state index >= 15 is 0 Å². The lowest BCUT2D eigenvalue weighted by molar-refractivity contribution is 0.200. The molecule has 0 saturated heterocycles. The van der Waals surface area contributed by atoms with E-state index in [2.05, 4.69) is 29.1 Å². The molecule has 5 aromatic rings. The molecule has 3 heterocycles.